The summed E-state index contributed by atoms with van der Waals surface area (Å²) >= 11 is 7.36. The second kappa shape index (κ2) is 8.26. The Morgan fingerprint density at radius 3 is 2.85 bits per heavy atom. The number of hydrogen-bond donors (Lipinski definition) is 1. The summed E-state index contributed by atoms with van der Waals surface area (Å²) in [4.78, 5) is 22.3. The van der Waals surface area contributed by atoms with Crippen LogP contribution in [0, 0.1) is 11.3 Å². The fraction of sp³-hybridized carbons (Fsp3) is 0.211. The first-order chi connectivity index (χ1) is 12.6. The van der Waals surface area contributed by atoms with Gasteiger partial charge in [-0.15, -0.1) is 0 Å². The molecule has 0 saturated heterocycles. The van der Waals surface area contributed by atoms with E-state index in [4.69, 9.17) is 16.9 Å². The van der Waals surface area contributed by atoms with Crippen LogP contribution in [-0.4, -0.2) is 27.7 Å². The topological polar surface area (TPSA) is 72.8 Å². The van der Waals surface area contributed by atoms with E-state index in [1.54, 1.807) is 11.0 Å². The van der Waals surface area contributed by atoms with Crippen molar-refractivity contribution in [2.75, 3.05) is 11.4 Å². The number of H-pyrrole nitrogens is 1. The molecule has 3 aromatic rings. The van der Waals surface area contributed by atoms with Crippen molar-refractivity contribution in [1.82, 2.24) is 9.97 Å². The Balaban J connectivity index is 1.78. The third kappa shape index (κ3) is 4.18. The number of thioether (sulfide) groups is 1. The summed E-state index contributed by atoms with van der Waals surface area (Å²) < 4.78 is 0. The van der Waals surface area contributed by atoms with Gasteiger partial charge >= 0.3 is 0 Å². The van der Waals surface area contributed by atoms with Gasteiger partial charge in [-0.1, -0.05) is 41.6 Å². The summed E-state index contributed by atoms with van der Waals surface area (Å²) in [5.41, 5.74) is 2.43. The number of nitrogens with one attached hydrogen (secondary N) is 1. The van der Waals surface area contributed by atoms with Crippen LogP contribution in [-0.2, 0) is 4.79 Å². The molecule has 0 aliphatic heterocycles. The van der Waals surface area contributed by atoms with Crippen LogP contribution < -0.4 is 4.90 Å². The van der Waals surface area contributed by atoms with Crippen molar-refractivity contribution < 1.29 is 4.79 Å². The molecule has 0 fully saturated rings. The summed E-state index contributed by atoms with van der Waals surface area (Å²) in [7, 11) is 0. The fourth-order valence-corrected chi connectivity index (χ4v) is 3.64. The maximum absolute atomic E-state index is 13.0. The zero-order valence-electron chi connectivity index (χ0n) is 14.1. The van der Waals surface area contributed by atoms with Gasteiger partial charge in [-0.05, 0) is 37.3 Å². The third-order valence-electron chi connectivity index (χ3n) is 3.84. The van der Waals surface area contributed by atoms with Gasteiger partial charge in [0.1, 0.15) is 0 Å². The Hall–Kier alpha value is -2.49. The number of imidazole rings is 1. The Morgan fingerprint density at radius 1 is 1.35 bits per heavy atom. The number of anilines is 1. The van der Waals surface area contributed by atoms with Crippen molar-refractivity contribution >= 4 is 46.0 Å². The molecule has 26 heavy (non-hydrogen) atoms. The Bertz CT molecular complexity index is 951. The number of nitriles is 1. The van der Waals surface area contributed by atoms with Gasteiger partial charge in [-0.2, -0.15) is 5.26 Å². The number of rotatable bonds is 6. The number of hydrogen-bond acceptors (Lipinski definition) is 4. The highest BCUT2D eigenvalue weighted by Gasteiger charge is 2.23. The highest BCUT2D eigenvalue weighted by atomic mass is 35.5. The van der Waals surface area contributed by atoms with Crippen LogP contribution in [0.1, 0.15) is 13.3 Å². The lowest BCUT2D eigenvalue weighted by Gasteiger charge is -2.24. The first kappa shape index (κ1) is 18.3. The normalized spacial score (nSPS) is 11.9. The summed E-state index contributed by atoms with van der Waals surface area (Å²) in [6, 6.07) is 16.9. The molecule has 1 amide bonds. The molecule has 0 saturated carbocycles. The molecule has 0 aliphatic carbocycles. The minimum atomic E-state index is -0.357. The highest BCUT2D eigenvalue weighted by Crippen LogP contribution is 2.27. The maximum atomic E-state index is 13.0. The molecule has 3 rings (SSSR count). The molecular weight excluding hydrogens is 368 g/mol. The minimum absolute atomic E-state index is 0.0602. The molecule has 2 aromatic carbocycles. The first-order valence-corrected chi connectivity index (χ1v) is 9.39. The number of fused-ring (bicyclic) bond motifs is 1. The molecule has 0 radical (unpaired) electrons. The molecule has 132 valence electrons. The number of aromatic nitrogens is 2. The Labute approximate surface area is 161 Å². The van der Waals surface area contributed by atoms with Crippen LogP contribution in [0.15, 0.2) is 53.7 Å². The van der Waals surface area contributed by atoms with E-state index in [1.807, 2.05) is 49.4 Å². The van der Waals surface area contributed by atoms with Gasteiger partial charge in [0.15, 0.2) is 5.16 Å². The second-order valence-electron chi connectivity index (χ2n) is 5.70. The molecule has 1 N–H and O–H groups in total. The molecule has 0 bridgehead atoms. The summed E-state index contributed by atoms with van der Waals surface area (Å²) in [5, 5.41) is 9.84. The van der Waals surface area contributed by atoms with Gasteiger partial charge in [0.2, 0.25) is 5.91 Å². The quantitative estimate of drug-likeness (QED) is 0.628. The van der Waals surface area contributed by atoms with Crippen LogP contribution in [0.2, 0.25) is 5.02 Å². The van der Waals surface area contributed by atoms with Crippen LogP contribution in [0.4, 0.5) is 5.69 Å². The van der Waals surface area contributed by atoms with Crippen LogP contribution in [0.25, 0.3) is 11.0 Å². The summed E-state index contributed by atoms with van der Waals surface area (Å²) in [5.74, 6) is -0.0602. The first-order valence-electron chi connectivity index (χ1n) is 8.14. The lowest BCUT2D eigenvalue weighted by molar-refractivity contribution is -0.117. The van der Waals surface area contributed by atoms with Gasteiger partial charge in [-0.3, -0.25) is 4.79 Å². The molecule has 0 spiro atoms. The second-order valence-corrected chi connectivity index (χ2v) is 7.46. The monoisotopic (exact) mass is 384 g/mol. The zero-order chi connectivity index (χ0) is 18.5. The van der Waals surface area contributed by atoms with Gasteiger partial charge in [0, 0.05) is 17.3 Å². The van der Waals surface area contributed by atoms with E-state index in [-0.39, 0.29) is 17.6 Å². The summed E-state index contributed by atoms with van der Waals surface area (Å²) in [6.07, 6.45) is 0.279. The number of para-hydroxylation sites is 1. The lowest BCUT2D eigenvalue weighted by Crippen LogP contribution is -2.37. The van der Waals surface area contributed by atoms with E-state index < -0.39 is 0 Å². The van der Waals surface area contributed by atoms with Crippen LogP contribution in [0.5, 0.6) is 0 Å². The standard InChI is InChI=1S/C19H17ClN4OS/c1-13(26-19-22-16-9-8-14(20)12-17(16)23-19)18(25)24(11-5-10-21)15-6-3-2-4-7-15/h2-4,6-9,12-13H,5,11H2,1H3,(H,22,23)/t13-/m0/s1. The van der Waals surface area contributed by atoms with E-state index in [0.29, 0.717) is 16.7 Å². The smallest absolute Gasteiger partial charge is 0.240 e. The molecule has 0 unspecified atom stereocenters. The molecule has 1 atom stereocenters. The van der Waals surface area contributed by atoms with E-state index in [1.165, 1.54) is 11.8 Å². The number of halogens is 1. The van der Waals surface area contributed by atoms with Crippen molar-refractivity contribution in [2.24, 2.45) is 0 Å². The number of carbonyl (C=O) groups is 1. The number of benzene rings is 2. The van der Waals surface area contributed by atoms with Crippen molar-refractivity contribution in [3.8, 4) is 6.07 Å². The maximum Gasteiger partial charge on any atom is 0.240 e. The average Bonchev–Trinajstić information content (AvgIpc) is 3.04. The van der Waals surface area contributed by atoms with Crippen molar-refractivity contribution in [1.29, 1.82) is 5.26 Å². The molecule has 1 heterocycles. The lowest BCUT2D eigenvalue weighted by atomic mass is 10.2. The number of nitrogens with zero attached hydrogens (tertiary/aromatic N) is 3. The largest absolute Gasteiger partial charge is 0.333 e. The molecule has 7 heteroatoms. The van der Waals surface area contributed by atoms with Gasteiger partial charge < -0.3 is 9.88 Å². The fourth-order valence-electron chi connectivity index (χ4n) is 2.59. The predicted molar refractivity (Wildman–Crippen MR) is 105 cm³/mol. The van der Waals surface area contributed by atoms with Gasteiger partial charge in [0.25, 0.3) is 0 Å². The van der Waals surface area contributed by atoms with E-state index in [2.05, 4.69) is 16.0 Å². The average molecular weight is 385 g/mol. The number of aromatic amines is 1. The zero-order valence-corrected chi connectivity index (χ0v) is 15.7. The van der Waals surface area contributed by atoms with Crippen LogP contribution >= 0.6 is 23.4 Å². The highest BCUT2D eigenvalue weighted by molar-refractivity contribution is 8.00. The molecular formula is C19H17ClN4OS. The molecule has 0 aliphatic rings. The minimum Gasteiger partial charge on any atom is -0.333 e. The molecule has 5 nitrogen and oxygen atoms in total. The van der Waals surface area contributed by atoms with Crippen molar-refractivity contribution in [3.05, 3.63) is 53.6 Å². The SMILES string of the molecule is C[C@H](Sc1nc2ccc(Cl)cc2[nH]1)C(=O)N(CCC#N)c1ccccc1. The number of amides is 1. The van der Waals surface area contributed by atoms with Gasteiger partial charge in [-0.25, -0.2) is 4.98 Å². The van der Waals surface area contributed by atoms with Crippen molar-refractivity contribution in [3.63, 3.8) is 0 Å². The third-order valence-corrected chi connectivity index (χ3v) is 5.05. The van der Waals surface area contributed by atoms with Gasteiger partial charge in [0.05, 0.1) is 28.8 Å². The van der Waals surface area contributed by atoms with E-state index >= 15 is 0 Å². The predicted octanol–water partition coefficient (Wildman–Crippen LogP) is 4.64. The summed E-state index contributed by atoms with van der Waals surface area (Å²) in [6.45, 7) is 2.20. The Morgan fingerprint density at radius 2 is 2.12 bits per heavy atom. The van der Waals surface area contributed by atoms with Crippen LogP contribution in [0.3, 0.4) is 0 Å². The van der Waals surface area contributed by atoms with Crippen molar-refractivity contribution in [2.45, 2.75) is 23.8 Å². The van der Waals surface area contributed by atoms with E-state index in [0.717, 1.165) is 16.7 Å². The Kier molecular flexibility index (Phi) is 5.82. The molecule has 1 aromatic heterocycles. The number of carbonyl (C=O) groups excluding carboxylic acids is 1. The van der Waals surface area contributed by atoms with E-state index in [9.17, 15) is 4.79 Å².